The summed E-state index contributed by atoms with van der Waals surface area (Å²) in [7, 11) is 0. The maximum atomic E-state index is 4.16. The van der Waals surface area contributed by atoms with Gasteiger partial charge in [0.2, 0.25) is 0 Å². The van der Waals surface area contributed by atoms with Crippen LogP contribution in [0.1, 0.15) is 29.2 Å². The van der Waals surface area contributed by atoms with Gasteiger partial charge in [-0.2, -0.15) is 0 Å². The van der Waals surface area contributed by atoms with Crippen molar-refractivity contribution in [3.8, 4) is 22.3 Å². The van der Waals surface area contributed by atoms with Crippen molar-refractivity contribution in [3.63, 3.8) is 0 Å². The summed E-state index contributed by atoms with van der Waals surface area (Å²) >= 11 is 0. The Kier molecular flexibility index (Phi) is 8.63. The molecule has 0 aromatic heterocycles. The molecule has 0 atom stereocenters. The zero-order valence-electron chi connectivity index (χ0n) is 38.2. The molecule has 69 heavy (non-hydrogen) atoms. The predicted octanol–water partition coefficient (Wildman–Crippen LogP) is 18.6. The van der Waals surface area contributed by atoms with E-state index >= 15 is 0 Å². The van der Waals surface area contributed by atoms with Gasteiger partial charge in [0.05, 0.1) is 11.1 Å². The Balaban J connectivity index is 1.13. The molecule has 0 bridgehead atoms. The maximum Gasteiger partial charge on any atom is 0.0722 e. The highest BCUT2D eigenvalue weighted by Gasteiger charge is 2.52. The summed E-state index contributed by atoms with van der Waals surface area (Å²) in [6.07, 6.45) is 6.35. The molecule has 2 aliphatic rings. The molecule has 1 spiro atoms. The molecule has 0 saturated carbocycles. The van der Waals surface area contributed by atoms with Gasteiger partial charge in [0.25, 0.3) is 0 Å². The van der Waals surface area contributed by atoms with Crippen LogP contribution in [0.15, 0.2) is 255 Å². The van der Waals surface area contributed by atoms with E-state index in [4.69, 9.17) is 0 Å². The van der Waals surface area contributed by atoms with Crippen LogP contribution in [0.25, 0.3) is 92.5 Å². The summed E-state index contributed by atoms with van der Waals surface area (Å²) in [6, 6.07) is 84.2. The smallest absolute Gasteiger partial charge is 0.0722 e. The lowest BCUT2D eigenvalue weighted by Gasteiger charge is -2.34. The number of fused-ring (bicyclic) bond motifs is 17. The standard InChI is InChI=1S/C68H45N/c1-3-4-27-63-43(2)60-41-61(47-32-30-44-17-5-6-19-46(44)38-47)67(42-66(60)68(63)64-28-15-13-25-58(64)59-26-14-16-29-65(59)68)69(49-34-36-52-48(39-49)33-31-45-18-7-8-20-51(45)52)50-35-37-57-55-23-10-9-21-53(55)54-22-11-12-24-56(54)62(57)40-50/h3-42H,1H2,2H3/b27-4-. The van der Waals surface area contributed by atoms with Crippen LogP contribution >= 0.6 is 0 Å². The molecule has 0 heterocycles. The van der Waals surface area contributed by atoms with E-state index in [1.807, 2.05) is 6.08 Å². The minimum Gasteiger partial charge on any atom is -0.310 e. The van der Waals surface area contributed by atoms with Crippen LogP contribution in [0.5, 0.6) is 0 Å². The zero-order valence-corrected chi connectivity index (χ0v) is 38.2. The second-order valence-corrected chi connectivity index (χ2v) is 18.8. The van der Waals surface area contributed by atoms with E-state index in [1.54, 1.807) is 0 Å². The van der Waals surface area contributed by atoms with Gasteiger partial charge in [-0.1, -0.05) is 207 Å². The highest BCUT2D eigenvalue weighted by Crippen LogP contribution is 2.63. The number of hydrogen-bond donors (Lipinski definition) is 0. The van der Waals surface area contributed by atoms with E-state index in [1.165, 1.54) is 120 Å². The largest absolute Gasteiger partial charge is 0.310 e. The molecule has 0 fully saturated rings. The zero-order chi connectivity index (χ0) is 45.8. The Bertz CT molecular complexity index is 4160. The Morgan fingerprint density at radius 3 is 1.59 bits per heavy atom. The summed E-state index contributed by atoms with van der Waals surface area (Å²) in [5, 5.41) is 14.9. The molecule has 0 unspecified atom stereocenters. The molecular formula is C68H45N. The fourth-order valence-corrected chi connectivity index (χ4v) is 12.4. The Morgan fingerprint density at radius 1 is 0.377 bits per heavy atom. The lowest BCUT2D eigenvalue weighted by Crippen LogP contribution is -2.27. The highest BCUT2D eigenvalue weighted by atomic mass is 15.1. The van der Waals surface area contributed by atoms with Crippen LogP contribution in [0.4, 0.5) is 17.1 Å². The van der Waals surface area contributed by atoms with Crippen LogP contribution in [-0.4, -0.2) is 0 Å². The molecule has 0 aliphatic heterocycles. The quantitative estimate of drug-likeness (QED) is 0.119. The molecular weight excluding hydrogens is 831 g/mol. The molecule has 14 rings (SSSR count). The number of allylic oxidation sites excluding steroid dienone is 5. The second kappa shape index (κ2) is 15.1. The summed E-state index contributed by atoms with van der Waals surface area (Å²) in [6.45, 7) is 6.49. The number of anilines is 3. The molecule has 0 amide bonds. The third kappa shape index (κ3) is 5.65. The summed E-state index contributed by atoms with van der Waals surface area (Å²) < 4.78 is 0. The molecule has 0 radical (unpaired) electrons. The van der Waals surface area contributed by atoms with E-state index in [0.717, 1.165) is 17.1 Å². The Hall–Kier alpha value is -8.78. The van der Waals surface area contributed by atoms with Crippen LogP contribution in [0, 0.1) is 0 Å². The number of hydrogen-bond acceptors (Lipinski definition) is 1. The lowest BCUT2D eigenvalue weighted by atomic mass is 9.69. The molecule has 0 saturated heterocycles. The number of benzene rings is 12. The molecule has 12 aromatic rings. The van der Waals surface area contributed by atoms with Crippen molar-refractivity contribution in [1.82, 2.24) is 0 Å². The van der Waals surface area contributed by atoms with Crippen molar-refractivity contribution in [3.05, 3.63) is 277 Å². The first-order valence-corrected chi connectivity index (χ1v) is 24.0. The van der Waals surface area contributed by atoms with Gasteiger partial charge in [0.1, 0.15) is 0 Å². The van der Waals surface area contributed by atoms with E-state index < -0.39 is 5.41 Å². The van der Waals surface area contributed by atoms with Gasteiger partial charge in [0.15, 0.2) is 0 Å². The number of nitrogens with zero attached hydrogens (tertiary/aromatic N) is 1. The summed E-state index contributed by atoms with van der Waals surface area (Å²) in [5.74, 6) is 0. The van der Waals surface area contributed by atoms with Crippen molar-refractivity contribution in [1.29, 1.82) is 0 Å². The Morgan fingerprint density at radius 2 is 0.899 bits per heavy atom. The monoisotopic (exact) mass is 875 g/mol. The SMILES string of the molecule is C=C/C=C\C1=C(C)c2cc(-c3ccc4ccccc4c3)c(N(c3ccc4c(ccc5ccccc54)c3)c3ccc4c5ccccc5c5ccccc5c4c3)cc2C12c1ccccc1-c1ccccc12. The molecule has 1 nitrogen and oxygen atoms in total. The van der Waals surface area contributed by atoms with Crippen molar-refractivity contribution >= 4 is 87.3 Å². The van der Waals surface area contributed by atoms with Gasteiger partial charge in [-0.05, 0) is 164 Å². The van der Waals surface area contributed by atoms with E-state index in [-0.39, 0.29) is 0 Å². The third-order valence-electron chi connectivity index (χ3n) is 15.4. The van der Waals surface area contributed by atoms with Crippen LogP contribution in [-0.2, 0) is 5.41 Å². The van der Waals surface area contributed by atoms with Gasteiger partial charge in [0, 0.05) is 16.9 Å². The summed E-state index contributed by atoms with van der Waals surface area (Å²) in [4.78, 5) is 2.55. The summed E-state index contributed by atoms with van der Waals surface area (Å²) in [5.41, 5.74) is 15.4. The minimum atomic E-state index is -0.560. The number of rotatable bonds is 6. The fraction of sp³-hybridized carbons (Fsp3) is 0.0294. The maximum absolute atomic E-state index is 4.16. The van der Waals surface area contributed by atoms with Crippen LogP contribution in [0.2, 0.25) is 0 Å². The van der Waals surface area contributed by atoms with Crippen molar-refractivity contribution in [2.75, 3.05) is 4.90 Å². The van der Waals surface area contributed by atoms with Gasteiger partial charge < -0.3 is 4.90 Å². The highest BCUT2D eigenvalue weighted by molar-refractivity contribution is 6.26. The van der Waals surface area contributed by atoms with Crippen LogP contribution < -0.4 is 4.90 Å². The van der Waals surface area contributed by atoms with Gasteiger partial charge >= 0.3 is 0 Å². The topological polar surface area (TPSA) is 3.24 Å². The first kappa shape index (κ1) is 39.4. The van der Waals surface area contributed by atoms with E-state index in [0.29, 0.717) is 0 Å². The van der Waals surface area contributed by atoms with Crippen molar-refractivity contribution < 1.29 is 0 Å². The fourth-order valence-electron chi connectivity index (χ4n) is 12.4. The first-order valence-electron chi connectivity index (χ1n) is 24.0. The normalized spacial score (nSPS) is 13.6. The van der Waals surface area contributed by atoms with E-state index in [2.05, 4.69) is 255 Å². The first-order chi connectivity index (χ1) is 34.1. The molecule has 1 heteroatoms. The average molecular weight is 876 g/mol. The van der Waals surface area contributed by atoms with Gasteiger partial charge in [-0.25, -0.2) is 0 Å². The van der Waals surface area contributed by atoms with Gasteiger partial charge in [-0.15, -0.1) is 0 Å². The molecule has 0 N–H and O–H groups in total. The van der Waals surface area contributed by atoms with E-state index in [9.17, 15) is 0 Å². The lowest BCUT2D eigenvalue weighted by molar-refractivity contribution is 0.786. The van der Waals surface area contributed by atoms with Crippen molar-refractivity contribution in [2.45, 2.75) is 12.3 Å². The Labute approximate surface area is 401 Å². The third-order valence-corrected chi connectivity index (χ3v) is 15.4. The molecule has 12 aromatic carbocycles. The molecule has 322 valence electrons. The van der Waals surface area contributed by atoms with Crippen molar-refractivity contribution in [2.24, 2.45) is 0 Å². The van der Waals surface area contributed by atoms with Gasteiger partial charge in [-0.3, -0.25) is 0 Å². The average Bonchev–Trinajstić information content (AvgIpc) is 3.84. The van der Waals surface area contributed by atoms with Crippen LogP contribution in [0.3, 0.4) is 0 Å². The minimum absolute atomic E-state index is 0.560. The predicted molar refractivity (Wildman–Crippen MR) is 295 cm³/mol. The second-order valence-electron chi connectivity index (χ2n) is 18.8. The molecule has 2 aliphatic carbocycles.